The average Bonchev–Trinajstić information content (AvgIpc) is 2.47. The van der Waals surface area contributed by atoms with Crippen LogP contribution in [0.4, 0.5) is 0 Å². The van der Waals surface area contributed by atoms with Crippen molar-refractivity contribution in [3.05, 3.63) is 11.3 Å². The molecule has 6 heteroatoms. The first-order valence-electron chi connectivity index (χ1n) is 8.54. The fourth-order valence-corrected chi connectivity index (χ4v) is 2.65. The molecule has 2 N–H and O–H groups in total. The van der Waals surface area contributed by atoms with E-state index in [1.54, 1.807) is 0 Å². The van der Waals surface area contributed by atoms with Gasteiger partial charge in [-0.05, 0) is 60.4 Å². The van der Waals surface area contributed by atoms with Crippen molar-refractivity contribution in [2.24, 2.45) is 5.73 Å². The molecule has 0 saturated carbocycles. The lowest BCUT2D eigenvalue weighted by molar-refractivity contribution is -0.115. The van der Waals surface area contributed by atoms with E-state index in [4.69, 9.17) is 5.73 Å². The number of nitrogens with zero attached hydrogens (tertiary/aromatic N) is 3. The topological polar surface area (TPSA) is 52.8 Å². The van der Waals surface area contributed by atoms with E-state index in [1.165, 1.54) is 0 Å². The lowest BCUT2D eigenvalue weighted by Crippen LogP contribution is -2.35. The largest absolute Gasteiger partial charge is 0.375 e. The summed E-state index contributed by atoms with van der Waals surface area (Å²) in [5.74, 6) is -0.279. The number of amides is 1. The number of allylic oxidation sites excluding steroid dienone is 1. The van der Waals surface area contributed by atoms with Crippen LogP contribution in [0.1, 0.15) is 40.5 Å². The van der Waals surface area contributed by atoms with Crippen LogP contribution >= 0.6 is 0 Å². The highest BCUT2D eigenvalue weighted by atomic mass is 27.0. The normalized spacial score (nSPS) is 12.2. The van der Waals surface area contributed by atoms with Crippen molar-refractivity contribution < 1.29 is 4.79 Å². The Kier molecular flexibility index (Phi) is 14.9. The summed E-state index contributed by atoms with van der Waals surface area (Å²) in [7, 11) is 4.15. The molecule has 3 radical (unpaired) electrons. The van der Waals surface area contributed by atoms with E-state index in [1.807, 2.05) is 0 Å². The molecule has 5 nitrogen and oxygen atoms in total. The van der Waals surface area contributed by atoms with Crippen LogP contribution < -0.4 is 5.73 Å². The van der Waals surface area contributed by atoms with Crippen molar-refractivity contribution in [1.29, 1.82) is 0 Å². The zero-order valence-electron chi connectivity index (χ0n) is 16.1. The summed E-state index contributed by atoms with van der Waals surface area (Å²) in [5.41, 5.74) is 7.63. The van der Waals surface area contributed by atoms with Gasteiger partial charge in [0, 0.05) is 48.3 Å². The van der Waals surface area contributed by atoms with Crippen molar-refractivity contribution in [1.82, 2.24) is 14.7 Å². The maximum Gasteiger partial charge on any atom is 0.247 e. The van der Waals surface area contributed by atoms with Gasteiger partial charge in [0.1, 0.15) is 0 Å². The van der Waals surface area contributed by atoms with Crippen LogP contribution in [0.25, 0.3) is 0 Å². The summed E-state index contributed by atoms with van der Waals surface area (Å²) in [5, 5.41) is 0. The summed E-state index contributed by atoms with van der Waals surface area (Å²) in [6, 6.07) is 0. The first-order chi connectivity index (χ1) is 10.4. The molecule has 133 valence electrons. The van der Waals surface area contributed by atoms with Gasteiger partial charge in [-0.3, -0.25) is 9.69 Å². The van der Waals surface area contributed by atoms with Gasteiger partial charge in [-0.15, -0.1) is 0 Å². The van der Waals surface area contributed by atoms with Crippen molar-refractivity contribution >= 4 is 23.3 Å². The Hall–Kier alpha value is -0.538. The van der Waals surface area contributed by atoms with E-state index < -0.39 is 0 Å². The molecule has 0 spiro atoms. The van der Waals surface area contributed by atoms with Crippen LogP contribution in [0.3, 0.4) is 0 Å². The predicted molar refractivity (Wildman–Crippen MR) is 100 cm³/mol. The zero-order valence-corrected chi connectivity index (χ0v) is 17.2. The third-order valence-electron chi connectivity index (χ3n) is 4.09. The molecule has 0 aromatic rings. The van der Waals surface area contributed by atoms with Gasteiger partial charge in [-0.25, -0.2) is 0 Å². The molecule has 0 rings (SSSR count). The first kappa shape index (κ1) is 24.7. The summed E-state index contributed by atoms with van der Waals surface area (Å²) >= 11 is 0. The summed E-state index contributed by atoms with van der Waals surface area (Å²) in [4.78, 5) is 18.7. The van der Waals surface area contributed by atoms with E-state index in [9.17, 15) is 4.79 Å². The van der Waals surface area contributed by atoms with Crippen LogP contribution in [0.15, 0.2) is 11.3 Å². The Morgan fingerprint density at radius 3 is 1.83 bits per heavy atom. The number of hydrogen-bond acceptors (Lipinski definition) is 4. The number of likely N-dealkylation sites (N-methyl/N-ethyl adjacent to an activating group) is 1. The minimum atomic E-state index is -0.279. The number of carbonyl (C=O) groups is 1. The minimum absolute atomic E-state index is 0. The zero-order chi connectivity index (χ0) is 17.1. The second-order valence-corrected chi connectivity index (χ2v) is 5.83. The van der Waals surface area contributed by atoms with E-state index in [2.05, 4.69) is 56.5 Å². The van der Waals surface area contributed by atoms with E-state index >= 15 is 0 Å². The Morgan fingerprint density at radius 1 is 0.957 bits per heavy atom. The summed E-state index contributed by atoms with van der Waals surface area (Å²) < 4.78 is 0. The highest BCUT2D eigenvalue weighted by Crippen LogP contribution is 2.18. The predicted octanol–water partition coefficient (Wildman–Crippen LogP) is 1.37. The van der Waals surface area contributed by atoms with Gasteiger partial charge in [0.05, 0.1) is 0 Å². The molecule has 0 atom stereocenters. The molecule has 1 amide bonds. The van der Waals surface area contributed by atoms with Gasteiger partial charge >= 0.3 is 0 Å². The van der Waals surface area contributed by atoms with Crippen molar-refractivity contribution in [3.8, 4) is 0 Å². The quantitative estimate of drug-likeness (QED) is 0.431. The Balaban J connectivity index is 0. The van der Waals surface area contributed by atoms with Crippen molar-refractivity contribution in [3.63, 3.8) is 0 Å². The van der Waals surface area contributed by atoms with E-state index in [0.717, 1.165) is 56.8 Å². The molecule has 0 aliphatic heterocycles. The summed E-state index contributed by atoms with van der Waals surface area (Å²) in [6.07, 6.45) is 1.94. The molecule has 0 aliphatic carbocycles. The van der Waals surface area contributed by atoms with Crippen LogP contribution in [-0.2, 0) is 4.79 Å². The Morgan fingerprint density at radius 2 is 1.48 bits per heavy atom. The van der Waals surface area contributed by atoms with E-state index in [0.29, 0.717) is 6.54 Å². The molecular formula is C17H36AlN4O. The Bertz CT molecular complexity index is 351. The van der Waals surface area contributed by atoms with Crippen molar-refractivity contribution in [2.75, 3.05) is 53.4 Å². The van der Waals surface area contributed by atoms with Crippen molar-refractivity contribution in [2.45, 2.75) is 40.5 Å². The second kappa shape index (κ2) is 13.9. The third-order valence-corrected chi connectivity index (χ3v) is 4.09. The molecule has 0 aromatic heterocycles. The highest BCUT2D eigenvalue weighted by Gasteiger charge is 2.18. The molecule has 23 heavy (non-hydrogen) atoms. The fraction of sp³-hybridized carbons (Fsp3) is 0.824. The highest BCUT2D eigenvalue weighted by molar-refractivity contribution is 5.93. The van der Waals surface area contributed by atoms with Gasteiger partial charge < -0.3 is 15.5 Å². The second-order valence-electron chi connectivity index (χ2n) is 5.83. The molecule has 0 heterocycles. The molecule has 0 saturated heterocycles. The van der Waals surface area contributed by atoms with E-state index in [-0.39, 0.29) is 23.3 Å². The van der Waals surface area contributed by atoms with Gasteiger partial charge in [-0.1, -0.05) is 13.8 Å². The van der Waals surface area contributed by atoms with Gasteiger partial charge in [0.15, 0.2) is 0 Å². The fourth-order valence-electron chi connectivity index (χ4n) is 2.65. The lowest BCUT2D eigenvalue weighted by atomic mass is 10.1. The third kappa shape index (κ3) is 9.37. The number of hydrogen-bond donors (Lipinski definition) is 1. The maximum absolute atomic E-state index is 12.0. The van der Waals surface area contributed by atoms with Gasteiger partial charge in [-0.2, -0.15) is 0 Å². The monoisotopic (exact) mass is 339 g/mol. The molecule has 0 bridgehead atoms. The maximum atomic E-state index is 12.0. The van der Waals surface area contributed by atoms with Gasteiger partial charge in [0.2, 0.25) is 5.91 Å². The van der Waals surface area contributed by atoms with Gasteiger partial charge in [0.25, 0.3) is 0 Å². The Labute approximate surface area is 154 Å². The lowest BCUT2D eigenvalue weighted by Gasteiger charge is -2.29. The molecule has 0 aliphatic rings. The smallest absolute Gasteiger partial charge is 0.247 e. The first-order valence-corrected chi connectivity index (χ1v) is 8.54. The minimum Gasteiger partial charge on any atom is -0.375 e. The molecule has 0 fully saturated rings. The molecular weight excluding hydrogens is 303 g/mol. The van der Waals surface area contributed by atoms with Crippen LogP contribution in [0, 0.1) is 0 Å². The summed E-state index contributed by atoms with van der Waals surface area (Å²) in [6.45, 7) is 13.8. The van der Waals surface area contributed by atoms with Crippen LogP contribution in [0.2, 0.25) is 0 Å². The molecule has 0 unspecified atom stereocenters. The average molecular weight is 339 g/mol. The van der Waals surface area contributed by atoms with Crippen LogP contribution in [0.5, 0.6) is 0 Å². The standard InChI is InChI=1S/C17H36N4O.Al/c1-7-20(8-2)14-15(17(18)22)16(21(9-3)10-4)12-11-13-19(5)6;/h7-14H2,1-6H3,(H2,18,22);. The number of nitrogens with two attached hydrogens (primary N) is 1. The number of primary amides is 1. The number of rotatable bonds is 12. The number of carbonyl (C=O) groups excluding carboxylic acids is 1. The molecule has 0 aromatic carbocycles. The SMILES string of the molecule is CCN(CC)CC(C(N)=O)=C(CCCN(C)C)N(CC)CC.[Al]. The van der Waals surface area contributed by atoms with Crippen LogP contribution in [-0.4, -0.2) is 91.3 Å².